The molecule has 0 aliphatic rings. The van der Waals surface area contributed by atoms with E-state index in [9.17, 15) is 9.59 Å². The van der Waals surface area contributed by atoms with E-state index in [0.717, 1.165) is 0 Å². The Labute approximate surface area is 96.0 Å². The second kappa shape index (κ2) is 8.91. The predicted octanol–water partition coefficient (Wildman–Crippen LogP) is 0.349. The second-order valence-corrected chi connectivity index (χ2v) is 3.39. The van der Waals surface area contributed by atoms with Gasteiger partial charge in [-0.1, -0.05) is 19.6 Å². The Morgan fingerprint density at radius 2 is 2.25 bits per heavy atom. The van der Waals surface area contributed by atoms with Crippen molar-refractivity contribution in [2.24, 2.45) is 5.73 Å². The molecule has 16 heavy (non-hydrogen) atoms. The molecule has 1 unspecified atom stereocenters. The summed E-state index contributed by atoms with van der Waals surface area (Å²) in [5, 5.41) is 2.98. The van der Waals surface area contributed by atoms with Gasteiger partial charge in [-0.15, -0.1) is 0 Å². The van der Waals surface area contributed by atoms with Crippen LogP contribution in [0.2, 0.25) is 0 Å². The smallest absolute Gasteiger partial charge is 0.306 e. The number of ether oxygens (including phenoxy) is 1. The number of rotatable bonds is 9. The summed E-state index contributed by atoms with van der Waals surface area (Å²) in [5.41, 5.74) is 5.15. The molecule has 0 spiro atoms. The number of esters is 1. The Bertz CT molecular complexity index is 241. The Kier molecular flexibility index (Phi) is 8.15. The van der Waals surface area contributed by atoms with Crippen molar-refractivity contribution in [3.63, 3.8) is 0 Å². The topological polar surface area (TPSA) is 81.4 Å². The van der Waals surface area contributed by atoms with E-state index in [0.29, 0.717) is 25.8 Å². The van der Waals surface area contributed by atoms with Gasteiger partial charge in [0, 0.05) is 6.42 Å². The first-order chi connectivity index (χ1) is 7.61. The lowest BCUT2D eigenvalue weighted by Gasteiger charge is -2.12. The van der Waals surface area contributed by atoms with E-state index in [1.165, 1.54) is 6.08 Å². The maximum atomic E-state index is 11.1. The summed E-state index contributed by atoms with van der Waals surface area (Å²) >= 11 is 0. The average Bonchev–Trinajstić information content (AvgIpc) is 2.25. The van der Waals surface area contributed by atoms with Crippen LogP contribution in [0.5, 0.6) is 0 Å². The van der Waals surface area contributed by atoms with Crippen LogP contribution in [-0.4, -0.2) is 31.1 Å². The largest absolute Gasteiger partial charge is 0.461 e. The van der Waals surface area contributed by atoms with Crippen LogP contribution in [-0.2, 0) is 14.3 Å². The van der Waals surface area contributed by atoms with Crippen LogP contribution in [0.25, 0.3) is 0 Å². The molecule has 0 aliphatic carbocycles. The van der Waals surface area contributed by atoms with E-state index in [4.69, 9.17) is 10.5 Å². The number of carbonyl (C=O) groups excluding carboxylic acids is 2. The number of nitrogens with one attached hydrogen (secondary N) is 1. The normalized spacial score (nSPS) is 11.8. The van der Waals surface area contributed by atoms with Gasteiger partial charge in [0.25, 0.3) is 0 Å². The molecule has 1 amide bonds. The van der Waals surface area contributed by atoms with E-state index in [1.54, 1.807) is 0 Å². The number of hydrogen-bond acceptors (Lipinski definition) is 4. The summed E-state index contributed by atoms with van der Waals surface area (Å²) in [6, 6.07) is -0.316. The molecule has 0 heterocycles. The molecule has 0 aromatic carbocycles. The lowest BCUT2D eigenvalue weighted by atomic mass is 10.2. The summed E-state index contributed by atoms with van der Waals surface area (Å²) in [6.45, 7) is 6.13. The highest BCUT2D eigenvalue weighted by atomic mass is 16.5. The highest BCUT2D eigenvalue weighted by Crippen LogP contribution is 1.94. The summed E-state index contributed by atoms with van der Waals surface area (Å²) < 4.78 is 4.80. The van der Waals surface area contributed by atoms with Crippen molar-refractivity contribution in [3.05, 3.63) is 12.7 Å². The highest BCUT2D eigenvalue weighted by molar-refractivity contribution is 5.79. The van der Waals surface area contributed by atoms with Gasteiger partial charge in [-0.25, -0.2) is 0 Å². The van der Waals surface area contributed by atoms with Crippen molar-refractivity contribution in [1.82, 2.24) is 5.32 Å². The molecular formula is C11H20N2O3. The fourth-order valence-electron chi connectivity index (χ4n) is 1.18. The lowest BCUT2D eigenvalue weighted by Crippen LogP contribution is -2.41. The average molecular weight is 228 g/mol. The molecule has 5 heteroatoms. The molecule has 0 aromatic rings. The number of hydrogen-bond donors (Lipinski definition) is 2. The van der Waals surface area contributed by atoms with E-state index < -0.39 is 0 Å². The van der Waals surface area contributed by atoms with E-state index in [2.05, 4.69) is 11.9 Å². The Morgan fingerprint density at radius 3 is 2.75 bits per heavy atom. The molecule has 0 radical (unpaired) electrons. The molecule has 0 saturated heterocycles. The minimum absolute atomic E-state index is 0.241. The molecule has 0 aromatic heterocycles. The summed E-state index contributed by atoms with van der Waals surface area (Å²) in [7, 11) is 0. The van der Waals surface area contributed by atoms with Crippen molar-refractivity contribution >= 4 is 11.9 Å². The van der Waals surface area contributed by atoms with Crippen molar-refractivity contribution in [3.8, 4) is 0 Å². The molecule has 0 fully saturated rings. The van der Waals surface area contributed by atoms with Crippen molar-refractivity contribution in [2.45, 2.75) is 32.2 Å². The summed E-state index contributed by atoms with van der Waals surface area (Å²) in [4.78, 5) is 21.9. The van der Waals surface area contributed by atoms with Gasteiger partial charge in [-0.05, 0) is 19.4 Å². The van der Waals surface area contributed by atoms with Gasteiger partial charge in [0.2, 0.25) is 5.91 Å². The molecule has 0 rings (SSSR count). The first-order valence-electron chi connectivity index (χ1n) is 5.41. The van der Waals surface area contributed by atoms with E-state index in [1.807, 2.05) is 6.92 Å². The van der Waals surface area contributed by atoms with E-state index >= 15 is 0 Å². The SMILES string of the molecule is C=CCOC(=O)CCCNC(CC)C(N)=O. The molecule has 92 valence electrons. The van der Waals surface area contributed by atoms with Gasteiger partial charge in [0.05, 0.1) is 6.04 Å². The second-order valence-electron chi connectivity index (χ2n) is 3.39. The highest BCUT2D eigenvalue weighted by Gasteiger charge is 2.11. The first kappa shape index (κ1) is 14.6. The Morgan fingerprint density at radius 1 is 1.56 bits per heavy atom. The van der Waals surface area contributed by atoms with Crippen molar-refractivity contribution in [1.29, 1.82) is 0 Å². The quantitative estimate of drug-likeness (QED) is 0.339. The Hall–Kier alpha value is -1.36. The molecule has 0 saturated carbocycles. The van der Waals surface area contributed by atoms with E-state index in [-0.39, 0.29) is 24.5 Å². The van der Waals surface area contributed by atoms with Gasteiger partial charge >= 0.3 is 5.97 Å². The fraction of sp³-hybridized carbons (Fsp3) is 0.636. The molecule has 0 aliphatic heterocycles. The van der Waals surface area contributed by atoms with Crippen LogP contribution in [0, 0.1) is 0 Å². The predicted molar refractivity (Wildman–Crippen MR) is 61.7 cm³/mol. The zero-order valence-electron chi connectivity index (χ0n) is 9.70. The third-order valence-electron chi connectivity index (χ3n) is 2.06. The molecule has 0 bridgehead atoms. The number of carbonyl (C=O) groups is 2. The van der Waals surface area contributed by atoms with Gasteiger partial charge in [-0.2, -0.15) is 0 Å². The maximum Gasteiger partial charge on any atom is 0.306 e. The lowest BCUT2D eigenvalue weighted by molar-refractivity contribution is -0.142. The molecule has 3 N–H and O–H groups in total. The number of amides is 1. The standard InChI is InChI=1S/C11H20N2O3/c1-3-8-16-10(14)6-5-7-13-9(4-2)11(12)15/h3,9,13H,1,4-8H2,2H3,(H2,12,15). The van der Waals surface area contributed by atoms with Crippen LogP contribution in [0.15, 0.2) is 12.7 Å². The van der Waals surface area contributed by atoms with Crippen LogP contribution < -0.4 is 11.1 Å². The summed E-state index contributed by atoms with van der Waals surface area (Å²) in [6.07, 6.45) is 3.13. The number of nitrogens with two attached hydrogens (primary N) is 1. The first-order valence-corrected chi connectivity index (χ1v) is 5.41. The third-order valence-corrected chi connectivity index (χ3v) is 2.06. The van der Waals surface area contributed by atoms with Gasteiger partial charge in [-0.3, -0.25) is 9.59 Å². The maximum absolute atomic E-state index is 11.1. The molecule has 1 atom stereocenters. The van der Waals surface area contributed by atoms with Crippen LogP contribution in [0.3, 0.4) is 0 Å². The minimum atomic E-state index is -0.364. The zero-order chi connectivity index (χ0) is 12.4. The van der Waals surface area contributed by atoms with Gasteiger partial charge < -0.3 is 15.8 Å². The van der Waals surface area contributed by atoms with Gasteiger partial charge in [0.15, 0.2) is 0 Å². The fourth-order valence-corrected chi connectivity index (χ4v) is 1.18. The number of primary amides is 1. The minimum Gasteiger partial charge on any atom is -0.461 e. The zero-order valence-corrected chi connectivity index (χ0v) is 9.70. The van der Waals surface area contributed by atoms with Crippen LogP contribution in [0.4, 0.5) is 0 Å². The van der Waals surface area contributed by atoms with Crippen molar-refractivity contribution < 1.29 is 14.3 Å². The monoisotopic (exact) mass is 228 g/mol. The Balaban J connectivity index is 3.55. The summed E-state index contributed by atoms with van der Waals surface area (Å²) in [5.74, 6) is -0.620. The van der Waals surface area contributed by atoms with Crippen LogP contribution >= 0.6 is 0 Å². The van der Waals surface area contributed by atoms with Crippen LogP contribution in [0.1, 0.15) is 26.2 Å². The van der Waals surface area contributed by atoms with Crippen molar-refractivity contribution in [2.75, 3.05) is 13.2 Å². The molecular weight excluding hydrogens is 208 g/mol. The molecule has 5 nitrogen and oxygen atoms in total. The third kappa shape index (κ3) is 7.00. The van der Waals surface area contributed by atoms with Gasteiger partial charge in [0.1, 0.15) is 6.61 Å².